The van der Waals surface area contributed by atoms with Crippen molar-refractivity contribution in [2.75, 3.05) is 19.6 Å². The Hall–Kier alpha value is -1.67. The van der Waals surface area contributed by atoms with Crippen molar-refractivity contribution in [1.82, 2.24) is 13.8 Å². The van der Waals surface area contributed by atoms with Gasteiger partial charge in [-0.1, -0.05) is 6.42 Å². The third-order valence-electron chi connectivity index (χ3n) is 5.34. The summed E-state index contributed by atoms with van der Waals surface area (Å²) >= 11 is 0. The molecule has 1 aromatic heterocycles. The van der Waals surface area contributed by atoms with Crippen LogP contribution >= 0.6 is 0 Å². The van der Waals surface area contributed by atoms with Gasteiger partial charge in [-0.2, -0.15) is 4.31 Å². The molecule has 1 amide bonds. The zero-order valence-electron chi connectivity index (χ0n) is 15.3. The number of nitrogens with zero attached hydrogens (tertiary/aromatic N) is 3. The van der Waals surface area contributed by atoms with E-state index in [4.69, 9.17) is 0 Å². The van der Waals surface area contributed by atoms with E-state index in [0.717, 1.165) is 38.5 Å². The van der Waals surface area contributed by atoms with Crippen molar-refractivity contribution in [3.63, 3.8) is 0 Å². The Kier molecular flexibility index (Phi) is 5.82. The van der Waals surface area contributed by atoms with Crippen molar-refractivity contribution < 1.29 is 13.2 Å². The molecule has 0 radical (unpaired) electrons. The highest BCUT2D eigenvalue weighted by molar-refractivity contribution is 7.89. The molecule has 0 N–H and O–H groups in total. The molecule has 0 spiro atoms. The van der Waals surface area contributed by atoms with Crippen molar-refractivity contribution in [3.05, 3.63) is 28.7 Å². The van der Waals surface area contributed by atoms with E-state index in [1.807, 2.05) is 6.92 Å². The van der Waals surface area contributed by atoms with Gasteiger partial charge in [0.1, 0.15) is 6.54 Å². The smallest absolute Gasteiger partial charge is 0.251 e. The summed E-state index contributed by atoms with van der Waals surface area (Å²) in [6.07, 6.45) is 7.09. The lowest BCUT2D eigenvalue weighted by molar-refractivity contribution is -0.135. The van der Waals surface area contributed by atoms with E-state index < -0.39 is 10.0 Å². The fourth-order valence-corrected chi connectivity index (χ4v) is 5.28. The largest absolute Gasteiger partial charge is 0.338 e. The second kappa shape index (κ2) is 7.92. The Balaban J connectivity index is 1.81. The zero-order chi connectivity index (χ0) is 18.7. The van der Waals surface area contributed by atoms with Crippen LogP contribution in [0.3, 0.4) is 0 Å². The van der Waals surface area contributed by atoms with Gasteiger partial charge in [0.05, 0.1) is 4.90 Å². The number of aromatic nitrogens is 1. The number of carbonyl (C=O) groups is 1. The van der Waals surface area contributed by atoms with Gasteiger partial charge in [-0.05, 0) is 45.1 Å². The monoisotopic (exact) mass is 381 g/mol. The number of piperidine rings is 2. The Morgan fingerprint density at radius 1 is 1.08 bits per heavy atom. The van der Waals surface area contributed by atoms with E-state index in [-0.39, 0.29) is 28.9 Å². The van der Waals surface area contributed by atoms with Crippen LogP contribution in [-0.4, -0.2) is 53.8 Å². The summed E-state index contributed by atoms with van der Waals surface area (Å²) in [4.78, 5) is 26.6. The number of carbonyl (C=O) groups excluding carboxylic acids is 1. The Labute approximate surface area is 154 Å². The average molecular weight is 381 g/mol. The second-order valence-corrected chi connectivity index (χ2v) is 9.17. The quantitative estimate of drug-likeness (QED) is 0.790. The molecule has 1 aromatic rings. The Morgan fingerprint density at radius 3 is 2.46 bits per heavy atom. The molecule has 0 saturated carbocycles. The van der Waals surface area contributed by atoms with E-state index in [2.05, 4.69) is 0 Å². The van der Waals surface area contributed by atoms with Gasteiger partial charge in [0, 0.05) is 37.9 Å². The standard InChI is InChI=1S/C18H27N3O4S/c1-15-7-3-6-12-21(15)18(23)14-19-13-16(8-9-17(19)22)26(24,25)20-10-4-2-5-11-20/h8-9,13,15H,2-7,10-12,14H2,1H3. The summed E-state index contributed by atoms with van der Waals surface area (Å²) < 4.78 is 28.3. The van der Waals surface area contributed by atoms with E-state index in [1.165, 1.54) is 27.2 Å². The molecule has 0 bridgehead atoms. The van der Waals surface area contributed by atoms with Crippen LogP contribution in [0.5, 0.6) is 0 Å². The fourth-order valence-electron chi connectivity index (χ4n) is 3.75. The summed E-state index contributed by atoms with van der Waals surface area (Å²) in [5.41, 5.74) is -0.361. The van der Waals surface area contributed by atoms with Crippen LogP contribution in [-0.2, 0) is 21.4 Å². The summed E-state index contributed by atoms with van der Waals surface area (Å²) in [7, 11) is -3.62. The van der Waals surface area contributed by atoms with Crippen molar-refractivity contribution in [3.8, 4) is 0 Å². The summed E-state index contributed by atoms with van der Waals surface area (Å²) in [6.45, 7) is 3.60. The van der Waals surface area contributed by atoms with E-state index in [9.17, 15) is 18.0 Å². The number of sulfonamides is 1. The second-order valence-electron chi connectivity index (χ2n) is 7.23. The first kappa shape index (κ1) is 19.1. The van der Waals surface area contributed by atoms with Crippen LogP contribution in [0.4, 0.5) is 0 Å². The van der Waals surface area contributed by atoms with Crippen molar-refractivity contribution in [2.45, 2.75) is 62.9 Å². The lowest BCUT2D eigenvalue weighted by Gasteiger charge is -2.33. The minimum atomic E-state index is -3.62. The fraction of sp³-hybridized carbons (Fsp3) is 0.667. The minimum absolute atomic E-state index is 0.0819. The van der Waals surface area contributed by atoms with Gasteiger partial charge in [0.15, 0.2) is 0 Å². The first-order chi connectivity index (χ1) is 12.4. The zero-order valence-corrected chi connectivity index (χ0v) is 16.1. The SMILES string of the molecule is CC1CCCCN1C(=O)Cn1cc(S(=O)(=O)N2CCCCC2)ccc1=O. The maximum absolute atomic E-state index is 12.8. The molecule has 0 aliphatic carbocycles. The molecule has 2 aliphatic rings. The molecular weight excluding hydrogens is 354 g/mol. The number of rotatable bonds is 4. The van der Waals surface area contributed by atoms with Gasteiger partial charge < -0.3 is 9.47 Å². The topological polar surface area (TPSA) is 79.7 Å². The highest BCUT2D eigenvalue weighted by Crippen LogP contribution is 2.20. The van der Waals surface area contributed by atoms with Crippen molar-refractivity contribution >= 4 is 15.9 Å². The lowest BCUT2D eigenvalue weighted by atomic mass is 10.0. The van der Waals surface area contributed by atoms with Crippen LogP contribution in [0.15, 0.2) is 28.0 Å². The summed E-state index contributed by atoms with van der Waals surface area (Å²) in [5.74, 6) is -0.133. The normalized spacial score (nSPS) is 22.3. The molecule has 3 rings (SSSR count). The van der Waals surface area contributed by atoms with Crippen molar-refractivity contribution in [2.24, 2.45) is 0 Å². The van der Waals surface area contributed by atoms with Crippen LogP contribution in [0.2, 0.25) is 0 Å². The molecular formula is C18H27N3O4S. The van der Waals surface area contributed by atoms with Gasteiger partial charge >= 0.3 is 0 Å². The number of amides is 1. The Morgan fingerprint density at radius 2 is 1.77 bits per heavy atom. The molecule has 1 unspecified atom stereocenters. The molecule has 7 nitrogen and oxygen atoms in total. The van der Waals surface area contributed by atoms with Gasteiger partial charge in [0.25, 0.3) is 5.56 Å². The predicted molar refractivity (Wildman–Crippen MR) is 98.3 cm³/mol. The third-order valence-corrected chi connectivity index (χ3v) is 7.22. The van der Waals surface area contributed by atoms with Crippen molar-refractivity contribution in [1.29, 1.82) is 0 Å². The molecule has 144 valence electrons. The molecule has 8 heteroatoms. The first-order valence-corrected chi connectivity index (χ1v) is 10.8. The van der Waals surface area contributed by atoms with Crippen LogP contribution in [0, 0.1) is 0 Å². The molecule has 0 aromatic carbocycles. The number of likely N-dealkylation sites (tertiary alicyclic amines) is 1. The predicted octanol–water partition coefficient (Wildman–Crippen LogP) is 1.42. The average Bonchev–Trinajstić information content (AvgIpc) is 2.64. The van der Waals surface area contributed by atoms with Gasteiger partial charge in [-0.25, -0.2) is 8.42 Å². The summed E-state index contributed by atoms with van der Waals surface area (Å²) in [5, 5.41) is 0. The van der Waals surface area contributed by atoms with E-state index in [1.54, 1.807) is 4.90 Å². The number of hydrogen-bond donors (Lipinski definition) is 0. The molecule has 2 aliphatic heterocycles. The number of hydrogen-bond acceptors (Lipinski definition) is 4. The molecule has 26 heavy (non-hydrogen) atoms. The number of pyridine rings is 1. The van der Waals surface area contributed by atoms with Gasteiger partial charge in [-0.15, -0.1) is 0 Å². The Bertz CT molecular complexity index is 812. The van der Waals surface area contributed by atoms with Crippen LogP contribution in [0.25, 0.3) is 0 Å². The highest BCUT2D eigenvalue weighted by Gasteiger charge is 2.27. The van der Waals surface area contributed by atoms with Gasteiger partial charge in [0.2, 0.25) is 15.9 Å². The van der Waals surface area contributed by atoms with E-state index in [0.29, 0.717) is 19.6 Å². The maximum Gasteiger partial charge on any atom is 0.251 e. The molecule has 2 fully saturated rings. The highest BCUT2D eigenvalue weighted by atomic mass is 32.2. The lowest BCUT2D eigenvalue weighted by Crippen LogP contribution is -2.44. The summed E-state index contributed by atoms with van der Waals surface area (Å²) in [6, 6.07) is 2.74. The van der Waals surface area contributed by atoms with Gasteiger partial charge in [-0.3, -0.25) is 9.59 Å². The maximum atomic E-state index is 12.8. The first-order valence-electron chi connectivity index (χ1n) is 9.40. The minimum Gasteiger partial charge on any atom is -0.338 e. The van der Waals surface area contributed by atoms with E-state index >= 15 is 0 Å². The molecule has 3 heterocycles. The molecule has 1 atom stereocenters. The van der Waals surface area contributed by atoms with Crippen LogP contribution in [0.1, 0.15) is 45.4 Å². The molecule has 2 saturated heterocycles. The third kappa shape index (κ3) is 4.01. The van der Waals surface area contributed by atoms with Crippen LogP contribution < -0.4 is 5.56 Å².